The summed E-state index contributed by atoms with van der Waals surface area (Å²) in [7, 11) is 0. The van der Waals surface area contributed by atoms with Crippen molar-refractivity contribution < 1.29 is 9.53 Å². The molecule has 0 atom stereocenters. The zero-order valence-corrected chi connectivity index (χ0v) is 10.4. The molecule has 0 aliphatic heterocycles. The SMILES string of the molecule is NC(=O)COCCNc1nc(N)c(Cl)cc1Cl. The number of carbonyl (C=O) groups excluding carboxylic acids is 1. The summed E-state index contributed by atoms with van der Waals surface area (Å²) in [6.07, 6.45) is 0. The second kappa shape index (κ2) is 6.48. The molecule has 1 aromatic heterocycles. The number of amides is 1. The van der Waals surface area contributed by atoms with Gasteiger partial charge in [0, 0.05) is 6.54 Å². The van der Waals surface area contributed by atoms with Crippen molar-refractivity contribution in [3.05, 3.63) is 16.1 Å². The van der Waals surface area contributed by atoms with Gasteiger partial charge in [-0.15, -0.1) is 0 Å². The highest BCUT2D eigenvalue weighted by Crippen LogP contribution is 2.26. The van der Waals surface area contributed by atoms with Gasteiger partial charge < -0.3 is 21.5 Å². The largest absolute Gasteiger partial charge is 0.382 e. The molecule has 0 fully saturated rings. The van der Waals surface area contributed by atoms with Crippen LogP contribution in [0.25, 0.3) is 0 Å². The predicted molar refractivity (Wildman–Crippen MR) is 67.2 cm³/mol. The number of nitrogens with zero attached hydrogens (tertiary/aromatic N) is 1. The summed E-state index contributed by atoms with van der Waals surface area (Å²) in [5, 5.41) is 3.55. The van der Waals surface area contributed by atoms with Gasteiger partial charge in [0.25, 0.3) is 0 Å². The molecule has 0 saturated carbocycles. The molecule has 1 aromatic rings. The number of halogens is 2. The Morgan fingerprint density at radius 2 is 2.18 bits per heavy atom. The van der Waals surface area contributed by atoms with E-state index >= 15 is 0 Å². The number of anilines is 2. The highest BCUT2D eigenvalue weighted by molar-refractivity contribution is 6.37. The number of ether oxygens (including phenoxy) is 1. The molecule has 94 valence electrons. The molecule has 0 spiro atoms. The van der Waals surface area contributed by atoms with Crippen LogP contribution in [-0.2, 0) is 9.53 Å². The molecule has 6 nitrogen and oxygen atoms in total. The van der Waals surface area contributed by atoms with Crippen molar-refractivity contribution in [2.24, 2.45) is 5.73 Å². The van der Waals surface area contributed by atoms with E-state index in [9.17, 15) is 4.79 Å². The van der Waals surface area contributed by atoms with Gasteiger partial charge in [0.15, 0.2) is 0 Å². The third kappa shape index (κ3) is 4.64. The summed E-state index contributed by atoms with van der Waals surface area (Å²) in [5.41, 5.74) is 10.4. The maximum Gasteiger partial charge on any atom is 0.243 e. The Morgan fingerprint density at radius 3 is 2.82 bits per heavy atom. The monoisotopic (exact) mass is 278 g/mol. The highest BCUT2D eigenvalue weighted by atomic mass is 35.5. The Labute approximate surface area is 108 Å². The number of nitrogens with one attached hydrogen (secondary N) is 1. The average molecular weight is 279 g/mol. The van der Waals surface area contributed by atoms with Crippen molar-refractivity contribution in [2.45, 2.75) is 0 Å². The molecule has 17 heavy (non-hydrogen) atoms. The number of rotatable bonds is 6. The second-order valence-corrected chi connectivity index (χ2v) is 3.95. The topological polar surface area (TPSA) is 103 Å². The van der Waals surface area contributed by atoms with Crippen LogP contribution >= 0.6 is 23.2 Å². The summed E-state index contributed by atoms with van der Waals surface area (Å²) in [5.74, 6) is 0.0877. The number of primary amides is 1. The Hall–Kier alpha value is -1.24. The van der Waals surface area contributed by atoms with Crippen LogP contribution in [-0.4, -0.2) is 30.6 Å². The van der Waals surface area contributed by atoms with Crippen LogP contribution in [0.5, 0.6) is 0 Å². The number of hydrogen-bond donors (Lipinski definition) is 3. The van der Waals surface area contributed by atoms with E-state index in [0.717, 1.165) is 0 Å². The molecule has 0 radical (unpaired) electrons. The first kappa shape index (κ1) is 13.8. The van der Waals surface area contributed by atoms with Gasteiger partial charge in [0.2, 0.25) is 5.91 Å². The summed E-state index contributed by atoms with van der Waals surface area (Å²) >= 11 is 11.6. The number of hydrogen-bond acceptors (Lipinski definition) is 5. The summed E-state index contributed by atoms with van der Waals surface area (Å²) in [4.78, 5) is 14.3. The third-order valence-electron chi connectivity index (χ3n) is 1.74. The lowest BCUT2D eigenvalue weighted by Gasteiger charge is -2.09. The van der Waals surface area contributed by atoms with Crippen LogP contribution in [0, 0.1) is 0 Å². The van der Waals surface area contributed by atoms with E-state index in [4.69, 9.17) is 39.4 Å². The van der Waals surface area contributed by atoms with Crippen molar-refractivity contribution in [1.82, 2.24) is 4.98 Å². The summed E-state index contributed by atoms with van der Waals surface area (Å²) < 4.78 is 4.95. The Morgan fingerprint density at radius 1 is 1.47 bits per heavy atom. The average Bonchev–Trinajstić information content (AvgIpc) is 2.24. The van der Waals surface area contributed by atoms with Crippen LogP contribution in [0.3, 0.4) is 0 Å². The Bertz CT molecular complexity index is 414. The molecule has 0 aromatic carbocycles. The van der Waals surface area contributed by atoms with Gasteiger partial charge in [-0.1, -0.05) is 23.2 Å². The maximum absolute atomic E-state index is 10.4. The van der Waals surface area contributed by atoms with Crippen LogP contribution in [0.15, 0.2) is 6.07 Å². The summed E-state index contributed by atoms with van der Waals surface area (Å²) in [6.45, 7) is 0.593. The van der Waals surface area contributed by atoms with Crippen LogP contribution in [0.2, 0.25) is 10.0 Å². The maximum atomic E-state index is 10.4. The lowest BCUT2D eigenvalue weighted by molar-refractivity contribution is -0.122. The number of nitrogens with two attached hydrogens (primary N) is 2. The molecule has 0 bridgehead atoms. The number of aromatic nitrogens is 1. The zero-order valence-electron chi connectivity index (χ0n) is 8.87. The van der Waals surface area contributed by atoms with Crippen molar-refractivity contribution in [1.29, 1.82) is 0 Å². The van der Waals surface area contributed by atoms with Gasteiger partial charge in [-0.2, -0.15) is 0 Å². The van der Waals surface area contributed by atoms with Gasteiger partial charge >= 0.3 is 0 Å². The number of carbonyl (C=O) groups is 1. The fourth-order valence-electron chi connectivity index (χ4n) is 1.02. The molecule has 0 aliphatic rings. The van der Waals surface area contributed by atoms with Gasteiger partial charge in [0.05, 0.1) is 16.7 Å². The highest BCUT2D eigenvalue weighted by Gasteiger charge is 2.06. The molecule has 5 N–H and O–H groups in total. The van der Waals surface area contributed by atoms with E-state index < -0.39 is 5.91 Å². The van der Waals surface area contributed by atoms with Crippen LogP contribution in [0.4, 0.5) is 11.6 Å². The molecule has 1 heterocycles. The van der Waals surface area contributed by atoms with E-state index in [1.54, 1.807) is 0 Å². The molecule has 8 heteroatoms. The third-order valence-corrected chi connectivity index (χ3v) is 2.33. The lowest BCUT2D eigenvalue weighted by Crippen LogP contribution is -2.20. The van der Waals surface area contributed by atoms with E-state index in [-0.39, 0.29) is 12.4 Å². The second-order valence-electron chi connectivity index (χ2n) is 3.13. The van der Waals surface area contributed by atoms with Gasteiger partial charge in [-0.05, 0) is 6.07 Å². The summed E-state index contributed by atoms with van der Waals surface area (Å²) in [6, 6.07) is 1.50. The minimum atomic E-state index is -0.517. The van der Waals surface area contributed by atoms with Crippen molar-refractivity contribution in [3.63, 3.8) is 0 Å². The van der Waals surface area contributed by atoms with E-state index in [1.807, 2.05) is 0 Å². The van der Waals surface area contributed by atoms with Gasteiger partial charge in [0.1, 0.15) is 18.2 Å². The van der Waals surface area contributed by atoms with E-state index in [2.05, 4.69) is 10.3 Å². The molecule has 0 unspecified atom stereocenters. The first-order valence-corrected chi connectivity index (χ1v) is 5.47. The molecule has 0 saturated heterocycles. The normalized spacial score (nSPS) is 10.2. The van der Waals surface area contributed by atoms with E-state index in [1.165, 1.54) is 6.07 Å². The fourth-order valence-corrected chi connectivity index (χ4v) is 1.44. The van der Waals surface area contributed by atoms with Gasteiger partial charge in [-0.3, -0.25) is 4.79 Å². The predicted octanol–water partition coefficient (Wildman–Crippen LogP) is 0.884. The Kier molecular flexibility index (Phi) is 5.27. The number of pyridine rings is 1. The molecule has 1 rings (SSSR count). The van der Waals surface area contributed by atoms with E-state index in [0.29, 0.717) is 29.0 Å². The standard InChI is InChI=1S/C9H12Cl2N4O2/c10-5-3-6(11)9(15-8(5)13)14-1-2-17-4-7(12)16/h3H,1-2,4H2,(H2,12,16)(H3,13,14,15). The zero-order chi connectivity index (χ0) is 12.8. The number of nitrogen functional groups attached to an aromatic ring is 1. The molecule has 0 aliphatic carbocycles. The first-order valence-electron chi connectivity index (χ1n) is 4.72. The van der Waals surface area contributed by atoms with Crippen molar-refractivity contribution >= 4 is 40.7 Å². The molecule has 1 amide bonds. The van der Waals surface area contributed by atoms with Crippen molar-refractivity contribution in [3.8, 4) is 0 Å². The fraction of sp³-hybridized carbons (Fsp3) is 0.333. The lowest BCUT2D eigenvalue weighted by atomic mass is 10.4. The Balaban J connectivity index is 2.41. The smallest absolute Gasteiger partial charge is 0.243 e. The molecular formula is C9H12Cl2N4O2. The molecular weight excluding hydrogens is 267 g/mol. The minimum absolute atomic E-state index is 0.119. The van der Waals surface area contributed by atoms with Crippen LogP contribution < -0.4 is 16.8 Å². The minimum Gasteiger partial charge on any atom is -0.382 e. The quantitative estimate of drug-likeness (QED) is 0.671. The van der Waals surface area contributed by atoms with Gasteiger partial charge in [-0.25, -0.2) is 4.98 Å². The first-order chi connectivity index (χ1) is 8.00. The van der Waals surface area contributed by atoms with Crippen LogP contribution in [0.1, 0.15) is 0 Å². The van der Waals surface area contributed by atoms with Crippen molar-refractivity contribution in [2.75, 3.05) is 30.8 Å².